The highest BCUT2D eigenvalue weighted by Crippen LogP contribution is 2.32. The van der Waals surface area contributed by atoms with Gasteiger partial charge in [-0.15, -0.1) is 0 Å². The number of methoxy groups -OCH3 is 1. The van der Waals surface area contributed by atoms with Crippen LogP contribution in [0, 0.1) is 18.3 Å². The van der Waals surface area contributed by atoms with Crippen molar-refractivity contribution in [3.05, 3.63) is 29.5 Å². The first-order chi connectivity index (χ1) is 7.27. The third-order valence-electron chi connectivity index (χ3n) is 2.55. The summed E-state index contributed by atoms with van der Waals surface area (Å²) >= 11 is 0. The van der Waals surface area contributed by atoms with Crippen LogP contribution in [0.4, 0.5) is 0 Å². The van der Waals surface area contributed by atoms with Crippen LogP contribution in [0.5, 0.6) is 5.75 Å². The number of hydrogen-bond acceptors (Lipinski definition) is 2. The number of aromatic nitrogens is 1. The topological polar surface area (TPSA) is 48.8 Å². The minimum absolute atomic E-state index is 0.379. The maximum Gasteiger partial charge on any atom is 0.132 e. The predicted molar refractivity (Wildman–Crippen MR) is 58.9 cm³/mol. The van der Waals surface area contributed by atoms with Crippen LogP contribution in [0.1, 0.15) is 11.1 Å². The van der Waals surface area contributed by atoms with Gasteiger partial charge in [0, 0.05) is 22.7 Å². The van der Waals surface area contributed by atoms with E-state index in [1.54, 1.807) is 7.11 Å². The Morgan fingerprint density at radius 1 is 1.47 bits per heavy atom. The van der Waals surface area contributed by atoms with Crippen molar-refractivity contribution in [3.63, 3.8) is 0 Å². The second kappa shape index (κ2) is 3.66. The molecule has 0 unspecified atom stereocenters. The van der Waals surface area contributed by atoms with Crippen LogP contribution in [0.15, 0.2) is 18.3 Å². The van der Waals surface area contributed by atoms with E-state index in [2.05, 4.69) is 11.1 Å². The Balaban J connectivity index is 2.74. The fourth-order valence-electron chi connectivity index (χ4n) is 1.85. The largest absolute Gasteiger partial charge is 0.496 e. The van der Waals surface area contributed by atoms with E-state index in [-0.39, 0.29) is 0 Å². The zero-order valence-corrected chi connectivity index (χ0v) is 8.79. The smallest absolute Gasteiger partial charge is 0.132 e. The van der Waals surface area contributed by atoms with Crippen LogP contribution in [-0.4, -0.2) is 12.1 Å². The van der Waals surface area contributed by atoms with Gasteiger partial charge in [-0.05, 0) is 18.6 Å². The lowest BCUT2D eigenvalue weighted by molar-refractivity contribution is 0.416. The first-order valence-electron chi connectivity index (χ1n) is 4.78. The van der Waals surface area contributed by atoms with Crippen molar-refractivity contribution < 1.29 is 4.74 Å². The number of nitriles is 1. The van der Waals surface area contributed by atoms with Gasteiger partial charge >= 0.3 is 0 Å². The summed E-state index contributed by atoms with van der Waals surface area (Å²) in [5.41, 5.74) is 3.13. The van der Waals surface area contributed by atoms with Gasteiger partial charge < -0.3 is 9.72 Å². The maximum absolute atomic E-state index is 8.72. The van der Waals surface area contributed by atoms with E-state index < -0.39 is 0 Å². The molecule has 1 N–H and O–H groups in total. The molecule has 0 atom stereocenters. The molecule has 1 heterocycles. The van der Waals surface area contributed by atoms with Crippen molar-refractivity contribution in [2.75, 3.05) is 7.11 Å². The molecular weight excluding hydrogens is 188 g/mol. The molecule has 15 heavy (non-hydrogen) atoms. The second-order valence-electron chi connectivity index (χ2n) is 3.49. The molecule has 3 nitrogen and oxygen atoms in total. The van der Waals surface area contributed by atoms with Gasteiger partial charge in [0.1, 0.15) is 5.75 Å². The molecule has 0 aliphatic rings. The van der Waals surface area contributed by atoms with Crippen molar-refractivity contribution >= 4 is 10.9 Å². The molecule has 0 fully saturated rings. The Morgan fingerprint density at radius 3 is 2.93 bits per heavy atom. The SMILES string of the molecule is COc1c(CC#N)ccc2[nH]cc(C)c12. The molecule has 0 aliphatic heterocycles. The van der Waals surface area contributed by atoms with Crippen molar-refractivity contribution in [2.45, 2.75) is 13.3 Å². The zero-order chi connectivity index (χ0) is 10.8. The standard InChI is InChI=1S/C12H12N2O/c1-8-7-14-10-4-3-9(5-6-13)12(15-2)11(8)10/h3-4,7,14H,5H2,1-2H3. The van der Waals surface area contributed by atoms with E-state index in [9.17, 15) is 0 Å². The highest BCUT2D eigenvalue weighted by Gasteiger charge is 2.10. The molecule has 2 aromatic rings. The number of aromatic amines is 1. The van der Waals surface area contributed by atoms with E-state index in [0.29, 0.717) is 6.42 Å². The number of H-pyrrole nitrogens is 1. The Hall–Kier alpha value is -1.95. The van der Waals surface area contributed by atoms with Gasteiger partial charge in [0.25, 0.3) is 0 Å². The molecule has 0 radical (unpaired) electrons. The second-order valence-corrected chi connectivity index (χ2v) is 3.49. The molecular formula is C12H12N2O. The minimum Gasteiger partial charge on any atom is -0.496 e. The first kappa shape index (κ1) is 9.60. The molecule has 3 heteroatoms. The number of rotatable bonds is 2. The fraction of sp³-hybridized carbons (Fsp3) is 0.250. The Kier molecular flexibility index (Phi) is 2.34. The van der Waals surface area contributed by atoms with Crippen LogP contribution < -0.4 is 4.74 Å². The van der Waals surface area contributed by atoms with Gasteiger partial charge in [0.05, 0.1) is 19.6 Å². The van der Waals surface area contributed by atoms with Gasteiger partial charge in [0.15, 0.2) is 0 Å². The molecule has 0 bridgehead atoms. The van der Waals surface area contributed by atoms with E-state index >= 15 is 0 Å². The van der Waals surface area contributed by atoms with Crippen LogP contribution in [0.25, 0.3) is 10.9 Å². The van der Waals surface area contributed by atoms with Gasteiger partial charge in [-0.2, -0.15) is 5.26 Å². The van der Waals surface area contributed by atoms with Crippen molar-refractivity contribution in [1.82, 2.24) is 4.98 Å². The van der Waals surface area contributed by atoms with E-state index in [1.165, 1.54) is 0 Å². The van der Waals surface area contributed by atoms with E-state index in [1.807, 2.05) is 25.3 Å². The van der Waals surface area contributed by atoms with Crippen LogP contribution in [0.3, 0.4) is 0 Å². The van der Waals surface area contributed by atoms with E-state index in [4.69, 9.17) is 10.00 Å². The lowest BCUT2D eigenvalue weighted by Gasteiger charge is -2.07. The summed E-state index contributed by atoms with van der Waals surface area (Å²) in [6.45, 7) is 2.03. The van der Waals surface area contributed by atoms with Crippen LogP contribution in [-0.2, 0) is 6.42 Å². The first-order valence-corrected chi connectivity index (χ1v) is 4.78. The Morgan fingerprint density at radius 2 is 2.27 bits per heavy atom. The Bertz CT molecular complexity index is 534. The number of aryl methyl sites for hydroxylation is 1. The lowest BCUT2D eigenvalue weighted by atomic mass is 10.1. The number of benzene rings is 1. The molecule has 76 valence electrons. The summed E-state index contributed by atoms with van der Waals surface area (Å²) in [7, 11) is 1.64. The number of nitrogens with zero attached hydrogens (tertiary/aromatic N) is 1. The third-order valence-corrected chi connectivity index (χ3v) is 2.55. The number of nitrogens with one attached hydrogen (secondary N) is 1. The quantitative estimate of drug-likeness (QED) is 0.809. The maximum atomic E-state index is 8.72. The molecule has 1 aromatic carbocycles. The van der Waals surface area contributed by atoms with Crippen molar-refractivity contribution in [3.8, 4) is 11.8 Å². The molecule has 0 amide bonds. The van der Waals surface area contributed by atoms with Gasteiger partial charge in [-0.25, -0.2) is 0 Å². The van der Waals surface area contributed by atoms with Gasteiger partial charge in [-0.3, -0.25) is 0 Å². The summed E-state index contributed by atoms with van der Waals surface area (Å²) in [5.74, 6) is 0.813. The predicted octanol–water partition coefficient (Wildman–Crippen LogP) is 2.55. The zero-order valence-electron chi connectivity index (χ0n) is 8.79. The molecule has 0 spiro atoms. The average Bonchev–Trinajstić information content (AvgIpc) is 2.61. The number of fused-ring (bicyclic) bond motifs is 1. The van der Waals surface area contributed by atoms with Crippen molar-refractivity contribution in [2.24, 2.45) is 0 Å². The summed E-state index contributed by atoms with van der Waals surface area (Å²) < 4.78 is 5.38. The molecule has 0 saturated heterocycles. The van der Waals surface area contributed by atoms with Crippen LogP contribution in [0.2, 0.25) is 0 Å². The average molecular weight is 200 g/mol. The summed E-state index contributed by atoms with van der Waals surface area (Å²) in [5, 5.41) is 9.79. The summed E-state index contributed by atoms with van der Waals surface area (Å²) in [6.07, 6.45) is 2.33. The van der Waals surface area contributed by atoms with Gasteiger partial charge in [0.2, 0.25) is 0 Å². The highest BCUT2D eigenvalue weighted by molar-refractivity contribution is 5.90. The molecule has 2 rings (SSSR count). The Labute approximate surface area is 88.3 Å². The number of ether oxygens (including phenoxy) is 1. The minimum atomic E-state index is 0.379. The summed E-state index contributed by atoms with van der Waals surface area (Å²) in [6, 6.07) is 6.06. The van der Waals surface area contributed by atoms with Gasteiger partial charge in [-0.1, -0.05) is 6.07 Å². The molecule has 1 aromatic heterocycles. The normalized spacial score (nSPS) is 10.2. The highest BCUT2D eigenvalue weighted by atomic mass is 16.5. The number of hydrogen-bond donors (Lipinski definition) is 1. The molecule has 0 aliphatic carbocycles. The van der Waals surface area contributed by atoms with Crippen molar-refractivity contribution in [1.29, 1.82) is 5.26 Å². The third kappa shape index (κ3) is 1.44. The lowest BCUT2D eigenvalue weighted by Crippen LogP contribution is -1.92. The summed E-state index contributed by atoms with van der Waals surface area (Å²) in [4.78, 5) is 3.17. The van der Waals surface area contributed by atoms with E-state index in [0.717, 1.165) is 27.8 Å². The fourth-order valence-corrected chi connectivity index (χ4v) is 1.85. The molecule has 0 saturated carbocycles. The van der Waals surface area contributed by atoms with Crippen LogP contribution >= 0.6 is 0 Å². The monoisotopic (exact) mass is 200 g/mol.